The second-order valence-electron chi connectivity index (χ2n) is 10.3. The highest BCUT2D eigenvalue weighted by Crippen LogP contribution is 2.22. The van der Waals surface area contributed by atoms with E-state index in [1.165, 1.54) is 11.1 Å². The molecule has 2 aromatic carbocycles. The molecular formula is C28H33N5O3. The average Bonchev–Trinajstić information content (AvgIpc) is 2.89. The van der Waals surface area contributed by atoms with Crippen LogP contribution in [0.15, 0.2) is 59.4 Å². The van der Waals surface area contributed by atoms with Crippen LogP contribution in [0.1, 0.15) is 30.8 Å². The third-order valence-electron chi connectivity index (χ3n) is 7.25. The van der Waals surface area contributed by atoms with Gasteiger partial charge in [0.15, 0.2) is 5.69 Å². The molecule has 0 unspecified atom stereocenters. The molecule has 2 atom stereocenters. The molecule has 2 aliphatic rings. The van der Waals surface area contributed by atoms with Gasteiger partial charge in [0.2, 0.25) is 5.91 Å². The number of hydrogen-bond acceptors (Lipinski definition) is 5. The van der Waals surface area contributed by atoms with E-state index in [1.54, 1.807) is 35.2 Å². The maximum absolute atomic E-state index is 13.6. The summed E-state index contributed by atoms with van der Waals surface area (Å²) in [6.45, 7) is 8.76. The van der Waals surface area contributed by atoms with Crippen LogP contribution in [-0.2, 0) is 4.79 Å². The van der Waals surface area contributed by atoms with Gasteiger partial charge in [-0.15, -0.1) is 0 Å². The molecule has 2 amide bonds. The van der Waals surface area contributed by atoms with Crippen molar-refractivity contribution in [3.8, 4) is 5.69 Å². The van der Waals surface area contributed by atoms with E-state index in [4.69, 9.17) is 0 Å². The number of fused-ring (bicyclic) bond motifs is 1. The van der Waals surface area contributed by atoms with E-state index in [-0.39, 0.29) is 23.1 Å². The molecule has 0 bridgehead atoms. The molecule has 36 heavy (non-hydrogen) atoms. The van der Waals surface area contributed by atoms with E-state index in [0.717, 1.165) is 13.1 Å². The van der Waals surface area contributed by atoms with Gasteiger partial charge in [-0.05, 0) is 36.5 Å². The van der Waals surface area contributed by atoms with E-state index in [1.807, 2.05) is 29.2 Å². The lowest BCUT2D eigenvalue weighted by Gasteiger charge is -2.38. The van der Waals surface area contributed by atoms with E-state index in [0.29, 0.717) is 61.0 Å². The Morgan fingerprint density at radius 1 is 0.833 bits per heavy atom. The minimum Gasteiger partial charge on any atom is -0.341 e. The minimum atomic E-state index is -0.252. The molecule has 5 rings (SSSR count). The molecule has 8 nitrogen and oxygen atoms in total. The second-order valence-corrected chi connectivity index (χ2v) is 10.3. The number of para-hydroxylation sites is 1. The van der Waals surface area contributed by atoms with Crippen molar-refractivity contribution in [2.45, 2.75) is 20.3 Å². The fourth-order valence-corrected chi connectivity index (χ4v) is 5.51. The largest absolute Gasteiger partial charge is 0.341 e. The zero-order chi connectivity index (χ0) is 25.2. The Morgan fingerprint density at radius 2 is 1.44 bits per heavy atom. The topological polar surface area (TPSA) is 78.8 Å². The summed E-state index contributed by atoms with van der Waals surface area (Å²) in [6.07, 6.45) is 1.17. The van der Waals surface area contributed by atoms with Crippen molar-refractivity contribution in [2.75, 3.05) is 45.8 Å². The van der Waals surface area contributed by atoms with E-state index >= 15 is 0 Å². The van der Waals surface area contributed by atoms with Crippen LogP contribution in [0.5, 0.6) is 0 Å². The molecule has 2 saturated heterocycles. The lowest BCUT2D eigenvalue weighted by atomic mass is 9.92. The summed E-state index contributed by atoms with van der Waals surface area (Å²) in [5, 5.41) is 5.55. The summed E-state index contributed by atoms with van der Waals surface area (Å²) in [5.74, 6) is 1.05. The van der Waals surface area contributed by atoms with Gasteiger partial charge < -0.3 is 9.80 Å². The number of carbonyl (C=O) groups excluding carboxylic acids is 2. The lowest BCUT2D eigenvalue weighted by Crippen LogP contribution is -2.53. The van der Waals surface area contributed by atoms with Gasteiger partial charge in [0.05, 0.1) is 17.6 Å². The molecule has 0 radical (unpaired) electrons. The highest BCUT2D eigenvalue weighted by atomic mass is 16.2. The zero-order valence-corrected chi connectivity index (χ0v) is 21.0. The van der Waals surface area contributed by atoms with Crippen LogP contribution in [0.3, 0.4) is 0 Å². The molecule has 0 spiro atoms. The van der Waals surface area contributed by atoms with E-state index in [9.17, 15) is 14.4 Å². The molecule has 8 heteroatoms. The number of carbonyl (C=O) groups is 2. The summed E-state index contributed by atoms with van der Waals surface area (Å²) >= 11 is 0. The monoisotopic (exact) mass is 487 g/mol. The Morgan fingerprint density at radius 3 is 2.11 bits per heavy atom. The maximum atomic E-state index is 13.6. The first-order valence-corrected chi connectivity index (χ1v) is 12.8. The van der Waals surface area contributed by atoms with Crippen molar-refractivity contribution in [2.24, 2.45) is 11.8 Å². The Labute approximate surface area is 211 Å². The van der Waals surface area contributed by atoms with Gasteiger partial charge in [-0.2, -0.15) is 9.78 Å². The van der Waals surface area contributed by atoms with E-state index in [2.05, 4.69) is 23.8 Å². The summed E-state index contributed by atoms with van der Waals surface area (Å²) < 4.78 is 1.31. The number of amides is 2. The molecule has 3 aromatic rings. The number of likely N-dealkylation sites (tertiary alicyclic amines) is 1. The number of rotatable bonds is 4. The summed E-state index contributed by atoms with van der Waals surface area (Å²) in [5.41, 5.74) is 0.639. The van der Waals surface area contributed by atoms with Crippen LogP contribution in [0, 0.1) is 11.8 Å². The third-order valence-corrected chi connectivity index (χ3v) is 7.25. The van der Waals surface area contributed by atoms with Crippen LogP contribution < -0.4 is 5.56 Å². The first-order valence-electron chi connectivity index (χ1n) is 12.8. The van der Waals surface area contributed by atoms with Crippen molar-refractivity contribution >= 4 is 22.6 Å². The van der Waals surface area contributed by atoms with Gasteiger partial charge in [0.25, 0.3) is 11.5 Å². The van der Waals surface area contributed by atoms with Crippen molar-refractivity contribution in [1.29, 1.82) is 0 Å². The predicted octanol–water partition coefficient (Wildman–Crippen LogP) is 2.65. The molecular weight excluding hydrogens is 454 g/mol. The van der Waals surface area contributed by atoms with E-state index < -0.39 is 0 Å². The summed E-state index contributed by atoms with van der Waals surface area (Å²) in [6, 6.07) is 16.3. The molecule has 2 fully saturated rings. The zero-order valence-electron chi connectivity index (χ0n) is 21.0. The fourth-order valence-electron chi connectivity index (χ4n) is 5.51. The van der Waals surface area contributed by atoms with Crippen LogP contribution in [0.4, 0.5) is 0 Å². The number of hydrogen-bond donors (Lipinski definition) is 0. The van der Waals surface area contributed by atoms with Crippen molar-refractivity contribution in [3.05, 3.63) is 70.6 Å². The van der Waals surface area contributed by atoms with Gasteiger partial charge >= 0.3 is 0 Å². The SMILES string of the molecule is C[C@@H]1C[C@@H](C)CN(C(=O)CN2CCN(C(=O)c3nn(-c4ccccc4)c(=O)c4ccccc34)CC2)C1. The van der Waals surface area contributed by atoms with Crippen LogP contribution in [0.2, 0.25) is 0 Å². The Kier molecular flexibility index (Phi) is 6.87. The molecule has 188 valence electrons. The number of piperazine rings is 1. The second kappa shape index (κ2) is 10.2. The standard InChI is InChI=1S/C28H33N5O3/c1-20-16-21(2)18-32(17-20)25(34)19-30-12-14-31(15-13-30)28(36)26-23-10-6-7-11-24(23)27(35)33(29-26)22-8-4-3-5-9-22/h3-11,20-21H,12-19H2,1-2H3/t20-,21-/m1/s1. The van der Waals surface area contributed by atoms with Gasteiger partial charge in [-0.3, -0.25) is 19.3 Å². The Bertz CT molecular complexity index is 1300. The fraction of sp³-hybridized carbons (Fsp3) is 0.429. The number of benzene rings is 2. The number of piperidine rings is 1. The minimum absolute atomic E-state index is 0.177. The highest BCUT2D eigenvalue weighted by Gasteiger charge is 2.29. The van der Waals surface area contributed by atoms with Crippen LogP contribution in [0.25, 0.3) is 16.5 Å². The van der Waals surface area contributed by atoms with Crippen molar-refractivity contribution in [1.82, 2.24) is 24.5 Å². The van der Waals surface area contributed by atoms with Crippen LogP contribution in [-0.4, -0.2) is 82.1 Å². The van der Waals surface area contributed by atoms with Crippen molar-refractivity contribution < 1.29 is 9.59 Å². The Balaban J connectivity index is 1.31. The van der Waals surface area contributed by atoms with Gasteiger partial charge in [-0.1, -0.05) is 50.2 Å². The maximum Gasteiger partial charge on any atom is 0.279 e. The molecule has 2 aliphatic heterocycles. The van der Waals surface area contributed by atoms with Gasteiger partial charge in [0.1, 0.15) is 0 Å². The van der Waals surface area contributed by atoms with Gasteiger partial charge in [-0.25, -0.2) is 0 Å². The normalized spacial score (nSPS) is 21.1. The van der Waals surface area contributed by atoms with Crippen molar-refractivity contribution in [3.63, 3.8) is 0 Å². The number of aromatic nitrogens is 2. The first kappa shape index (κ1) is 24.2. The number of nitrogens with zero attached hydrogens (tertiary/aromatic N) is 5. The third kappa shape index (κ3) is 4.91. The van der Waals surface area contributed by atoms with Gasteiger partial charge in [0, 0.05) is 44.7 Å². The first-order chi connectivity index (χ1) is 17.4. The molecule has 0 aliphatic carbocycles. The highest BCUT2D eigenvalue weighted by molar-refractivity contribution is 6.04. The molecule has 1 aromatic heterocycles. The smallest absolute Gasteiger partial charge is 0.279 e. The molecule has 3 heterocycles. The summed E-state index contributed by atoms with van der Waals surface area (Å²) in [7, 11) is 0. The summed E-state index contributed by atoms with van der Waals surface area (Å²) in [4.78, 5) is 45.6. The van der Waals surface area contributed by atoms with Crippen LogP contribution >= 0.6 is 0 Å². The molecule has 0 N–H and O–H groups in total. The average molecular weight is 488 g/mol. The Hall–Kier alpha value is -3.52. The molecule has 0 saturated carbocycles. The quantitative estimate of drug-likeness (QED) is 0.565. The lowest BCUT2D eigenvalue weighted by molar-refractivity contribution is -0.135. The predicted molar refractivity (Wildman–Crippen MR) is 139 cm³/mol.